The highest BCUT2D eigenvalue weighted by molar-refractivity contribution is 5.96. The highest BCUT2D eigenvalue weighted by atomic mass is 19.1. The van der Waals surface area contributed by atoms with Gasteiger partial charge in [-0.05, 0) is 49.7 Å². The maximum absolute atomic E-state index is 13.8. The molecule has 1 fully saturated rings. The molecular formula is C20H22F2N3O2+. The molecule has 0 spiro atoms. The maximum atomic E-state index is 13.8. The standard InChI is InChI=1S/C20H21F2N3O2/c1-13(17-9-4-14(21)11-18(17)22)23-12-19(26)24-15-5-7-16(8-6-15)25-10-2-3-20(25)27/h4-9,11,13,23H,2-3,10,12H2,1H3,(H,24,26)/p+1/t13-/m0/s1. The van der Waals surface area contributed by atoms with Gasteiger partial charge < -0.3 is 15.5 Å². The van der Waals surface area contributed by atoms with Crippen LogP contribution in [-0.2, 0) is 9.59 Å². The molecule has 3 rings (SSSR count). The molecule has 5 nitrogen and oxygen atoms in total. The van der Waals surface area contributed by atoms with Crippen LogP contribution in [0, 0.1) is 11.6 Å². The number of benzene rings is 2. The number of quaternary nitrogens is 1. The van der Waals surface area contributed by atoms with E-state index >= 15 is 0 Å². The maximum Gasteiger partial charge on any atom is 0.279 e. The molecule has 2 aromatic carbocycles. The number of rotatable bonds is 6. The Morgan fingerprint density at radius 1 is 1.22 bits per heavy atom. The highest BCUT2D eigenvalue weighted by Crippen LogP contribution is 2.23. The Morgan fingerprint density at radius 2 is 1.96 bits per heavy atom. The van der Waals surface area contributed by atoms with Crippen molar-refractivity contribution < 1.29 is 23.7 Å². The fraction of sp³-hybridized carbons (Fsp3) is 0.300. The Hall–Kier alpha value is -2.80. The van der Waals surface area contributed by atoms with Crippen molar-refractivity contribution in [3.63, 3.8) is 0 Å². The van der Waals surface area contributed by atoms with E-state index in [4.69, 9.17) is 0 Å². The number of nitrogens with two attached hydrogens (primary N) is 1. The summed E-state index contributed by atoms with van der Waals surface area (Å²) in [4.78, 5) is 25.6. The van der Waals surface area contributed by atoms with Gasteiger partial charge in [0, 0.05) is 36.0 Å². The Bertz CT molecular complexity index is 840. The third-order valence-electron chi connectivity index (χ3n) is 4.65. The molecule has 1 heterocycles. The monoisotopic (exact) mass is 374 g/mol. The Labute approximate surface area is 156 Å². The van der Waals surface area contributed by atoms with Crippen LogP contribution >= 0.6 is 0 Å². The van der Waals surface area contributed by atoms with Crippen LogP contribution in [0.4, 0.5) is 20.2 Å². The zero-order valence-corrected chi connectivity index (χ0v) is 15.0. The second kappa shape index (κ2) is 8.26. The Balaban J connectivity index is 1.52. The molecule has 142 valence electrons. The summed E-state index contributed by atoms with van der Waals surface area (Å²) < 4.78 is 26.8. The normalized spacial score (nSPS) is 15.1. The van der Waals surface area contributed by atoms with Crippen molar-refractivity contribution in [3.8, 4) is 0 Å². The van der Waals surface area contributed by atoms with Crippen LogP contribution in [0.1, 0.15) is 31.4 Å². The summed E-state index contributed by atoms with van der Waals surface area (Å²) >= 11 is 0. The summed E-state index contributed by atoms with van der Waals surface area (Å²) in [6.45, 7) is 2.58. The van der Waals surface area contributed by atoms with E-state index in [-0.39, 0.29) is 24.4 Å². The molecule has 7 heteroatoms. The number of carbonyl (C=O) groups excluding carboxylic acids is 2. The molecule has 2 amide bonds. The van der Waals surface area contributed by atoms with Crippen molar-refractivity contribution in [1.82, 2.24) is 0 Å². The third kappa shape index (κ3) is 4.68. The van der Waals surface area contributed by atoms with E-state index < -0.39 is 11.6 Å². The number of nitrogens with one attached hydrogen (secondary N) is 1. The molecule has 0 aromatic heterocycles. The van der Waals surface area contributed by atoms with Gasteiger partial charge in [0.2, 0.25) is 5.91 Å². The summed E-state index contributed by atoms with van der Waals surface area (Å²) in [7, 11) is 0. The van der Waals surface area contributed by atoms with Gasteiger partial charge >= 0.3 is 0 Å². The first-order valence-corrected chi connectivity index (χ1v) is 8.92. The molecule has 0 radical (unpaired) electrons. The summed E-state index contributed by atoms with van der Waals surface area (Å²) in [5.41, 5.74) is 1.80. The zero-order chi connectivity index (χ0) is 19.4. The van der Waals surface area contributed by atoms with Crippen LogP contribution in [0.2, 0.25) is 0 Å². The molecule has 1 aliphatic heterocycles. The number of hydrogen-bond donors (Lipinski definition) is 2. The van der Waals surface area contributed by atoms with Crippen LogP contribution in [0.25, 0.3) is 0 Å². The largest absolute Gasteiger partial charge is 0.332 e. The van der Waals surface area contributed by atoms with E-state index in [9.17, 15) is 18.4 Å². The quantitative estimate of drug-likeness (QED) is 0.815. The number of halogens is 2. The summed E-state index contributed by atoms with van der Waals surface area (Å²) in [6.07, 6.45) is 1.43. The third-order valence-corrected chi connectivity index (χ3v) is 4.65. The molecule has 27 heavy (non-hydrogen) atoms. The van der Waals surface area contributed by atoms with Crippen molar-refractivity contribution in [3.05, 3.63) is 59.7 Å². The van der Waals surface area contributed by atoms with Gasteiger partial charge in [-0.15, -0.1) is 0 Å². The molecular weight excluding hydrogens is 352 g/mol. The van der Waals surface area contributed by atoms with Gasteiger partial charge in [-0.25, -0.2) is 8.78 Å². The minimum Gasteiger partial charge on any atom is -0.332 e. The lowest BCUT2D eigenvalue weighted by atomic mass is 10.1. The first-order chi connectivity index (χ1) is 12.9. The van der Waals surface area contributed by atoms with Crippen LogP contribution in [0.5, 0.6) is 0 Å². The van der Waals surface area contributed by atoms with Crippen molar-refractivity contribution >= 4 is 23.2 Å². The van der Waals surface area contributed by atoms with E-state index in [0.29, 0.717) is 17.7 Å². The van der Waals surface area contributed by atoms with Gasteiger partial charge in [0.15, 0.2) is 6.54 Å². The lowest BCUT2D eigenvalue weighted by molar-refractivity contribution is -0.682. The number of nitrogens with zero attached hydrogens (tertiary/aromatic N) is 1. The molecule has 0 aliphatic carbocycles. The van der Waals surface area contributed by atoms with Crippen LogP contribution in [0.3, 0.4) is 0 Å². The first kappa shape index (κ1) is 19.0. The van der Waals surface area contributed by atoms with Crippen molar-refractivity contribution in [1.29, 1.82) is 0 Å². The van der Waals surface area contributed by atoms with Gasteiger partial charge in [0.1, 0.15) is 17.7 Å². The zero-order valence-electron chi connectivity index (χ0n) is 15.0. The Morgan fingerprint density at radius 3 is 2.59 bits per heavy atom. The fourth-order valence-electron chi connectivity index (χ4n) is 3.14. The molecule has 0 bridgehead atoms. The minimum atomic E-state index is -0.625. The van der Waals surface area contributed by atoms with Gasteiger partial charge in [0.25, 0.3) is 5.91 Å². The van der Waals surface area contributed by atoms with Gasteiger partial charge in [-0.2, -0.15) is 0 Å². The predicted molar refractivity (Wildman–Crippen MR) is 98.2 cm³/mol. The molecule has 3 N–H and O–H groups in total. The van der Waals surface area contributed by atoms with Crippen LogP contribution in [-0.4, -0.2) is 24.9 Å². The number of hydrogen-bond acceptors (Lipinski definition) is 2. The van der Waals surface area contributed by atoms with Gasteiger partial charge in [-0.3, -0.25) is 9.59 Å². The summed E-state index contributed by atoms with van der Waals surface area (Å²) in [6, 6.07) is 10.2. The molecule has 1 saturated heterocycles. The number of amides is 2. The lowest BCUT2D eigenvalue weighted by Gasteiger charge is -2.16. The fourth-order valence-corrected chi connectivity index (χ4v) is 3.14. The van der Waals surface area contributed by atoms with E-state index in [1.807, 2.05) is 0 Å². The molecule has 2 aromatic rings. The van der Waals surface area contributed by atoms with Gasteiger partial charge in [0.05, 0.1) is 0 Å². The second-order valence-corrected chi connectivity index (χ2v) is 6.64. The summed E-state index contributed by atoms with van der Waals surface area (Å²) in [5, 5.41) is 4.46. The van der Waals surface area contributed by atoms with Crippen LogP contribution < -0.4 is 15.5 Å². The SMILES string of the molecule is C[C@H]([NH2+]CC(=O)Nc1ccc(N2CCCC2=O)cc1)c1ccc(F)cc1F. The van der Waals surface area contributed by atoms with E-state index in [2.05, 4.69) is 5.32 Å². The molecule has 0 unspecified atom stereocenters. The number of carbonyl (C=O) groups is 2. The van der Waals surface area contributed by atoms with Crippen molar-refractivity contribution in [2.75, 3.05) is 23.3 Å². The van der Waals surface area contributed by atoms with Crippen molar-refractivity contribution in [2.24, 2.45) is 0 Å². The second-order valence-electron chi connectivity index (χ2n) is 6.64. The lowest BCUT2D eigenvalue weighted by Crippen LogP contribution is -2.86. The number of anilines is 2. The summed E-state index contributed by atoms with van der Waals surface area (Å²) in [5.74, 6) is -1.36. The van der Waals surface area contributed by atoms with Gasteiger partial charge in [-0.1, -0.05) is 0 Å². The van der Waals surface area contributed by atoms with E-state index in [1.54, 1.807) is 41.4 Å². The first-order valence-electron chi connectivity index (χ1n) is 8.92. The molecule has 1 atom stereocenters. The van der Waals surface area contributed by atoms with E-state index in [1.165, 1.54) is 12.1 Å². The van der Waals surface area contributed by atoms with Crippen LogP contribution in [0.15, 0.2) is 42.5 Å². The predicted octanol–water partition coefficient (Wildman–Crippen LogP) is 2.35. The highest BCUT2D eigenvalue weighted by Gasteiger charge is 2.21. The minimum absolute atomic E-state index is 0.102. The molecule has 1 aliphatic rings. The van der Waals surface area contributed by atoms with Crippen molar-refractivity contribution in [2.45, 2.75) is 25.8 Å². The van der Waals surface area contributed by atoms with E-state index in [0.717, 1.165) is 24.7 Å². The Kier molecular flexibility index (Phi) is 5.81. The average molecular weight is 374 g/mol. The average Bonchev–Trinajstić information content (AvgIpc) is 3.06. The molecule has 0 saturated carbocycles. The smallest absolute Gasteiger partial charge is 0.279 e. The topological polar surface area (TPSA) is 66.0 Å².